The zero-order valence-electron chi connectivity index (χ0n) is 19.2. The standard InChI is InChI=1S/C27H26N4O3S/c1-16-6-2-4-8-22(16)30-25-23(31-27(34)21-15-35-24-9-5-3-7-20(21)24)12-17(14-28-25)26(33)29-18-10-11-19(32)13-18/h2-9,12,14-15,18-19,32H,10-11,13H2,1H3,(H,28,30)(H,29,33)(H,31,34)/t18-,19-/m1/s1. The van der Waals surface area contributed by atoms with Crippen molar-refractivity contribution in [3.8, 4) is 0 Å². The van der Waals surface area contributed by atoms with E-state index in [0.29, 0.717) is 35.5 Å². The number of hydrogen-bond acceptors (Lipinski definition) is 6. The maximum Gasteiger partial charge on any atom is 0.257 e. The van der Waals surface area contributed by atoms with Crippen LogP contribution in [-0.2, 0) is 0 Å². The van der Waals surface area contributed by atoms with Gasteiger partial charge in [-0.2, -0.15) is 0 Å². The van der Waals surface area contributed by atoms with Crippen molar-refractivity contribution < 1.29 is 14.7 Å². The SMILES string of the molecule is Cc1ccccc1Nc1ncc(C(=O)N[C@@H]2CC[C@@H](O)C2)cc1NC(=O)c1csc2ccccc12. The molecule has 2 atom stereocenters. The number of rotatable bonds is 6. The van der Waals surface area contributed by atoms with Gasteiger partial charge in [-0.05, 0) is 49.9 Å². The van der Waals surface area contributed by atoms with Gasteiger partial charge in [0.2, 0.25) is 0 Å². The first-order chi connectivity index (χ1) is 17.0. The number of carbonyl (C=O) groups excluding carboxylic acids is 2. The van der Waals surface area contributed by atoms with E-state index in [2.05, 4.69) is 20.9 Å². The van der Waals surface area contributed by atoms with Crippen LogP contribution in [0.3, 0.4) is 0 Å². The Bertz CT molecular complexity index is 1400. The van der Waals surface area contributed by atoms with Crippen LogP contribution in [0.4, 0.5) is 17.2 Å². The molecule has 2 aromatic carbocycles. The number of benzene rings is 2. The lowest BCUT2D eigenvalue weighted by Crippen LogP contribution is -2.33. The third kappa shape index (κ3) is 5.03. The third-order valence-electron chi connectivity index (χ3n) is 6.26. The summed E-state index contributed by atoms with van der Waals surface area (Å²) in [6.07, 6.45) is 3.08. The minimum atomic E-state index is -0.380. The summed E-state index contributed by atoms with van der Waals surface area (Å²) in [5.41, 5.74) is 3.20. The van der Waals surface area contributed by atoms with Crippen LogP contribution in [0.15, 0.2) is 66.2 Å². The summed E-state index contributed by atoms with van der Waals surface area (Å²) in [6, 6.07) is 17.1. The number of aliphatic hydroxyl groups excluding tert-OH is 1. The molecule has 178 valence electrons. The first-order valence-corrected chi connectivity index (χ1v) is 12.4. The fourth-order valence-electron chi connectivity index (χ4n) is 4.33. The Morgan fingerprint density at radius 3 is 2.63 bits per heavy atom. The highest BCUT2D eigenvalue weighted by Gasteiger charge is 2.25. The highest BCUT2D eigenvalue weighted by atomic mass is 32.1. The molecule has 5 rings (SSSR count). The summed E-state index contributed by atoms with van der Waals surface area (Å²) in [4.78, 5) is 30.7. The highest BCUT2D eigenvalue weighted by molar-refractivity contribution is 7.17. The van der Waals surface area contributed by atoms with E-state index in [0.717, 1.165) is 27.8 Å². The van der Waals surface area contributed by atoms with Gasteiger partial charge in [-0.15, -0.1) is 11.3 Å². The lowest BCUT2D eigenvalue weighted by Gasteiger charge is -2.16. The number of aryl methyl sites for hydroxylation is 1. The first kappa shape index (κ1) is 23.0. The Balaban J connectivity index is 1.45. The van der Waals surface area contributed by atoms with Gasteiger partial charge in [-0.3, -0.25) is 9.59 Å². The second kappa shape index (κ2) is 9.85. The molecule has 1 saturated carbocycles. The molecule has 0 aliphatic heterocycles. The Hall–Kier alpha value is -3.75. The second-order valence-corrected chi connectivity index (χ2v) is 9.71. The van der Waals surface area contributed by atoms with Crippen LogP contribution in [0, 0.1) is 6.92 Å². The number of carbonyl (C=O) groups is 2. The van der Waals surface area contributed by atoms with Crippen molar-refractivity contribution in [2.75, 3.05) is 10.6 Å². The maximum atomic E-state index is 13.3. The fraction of sp³-hybridized carbons (Fsp3) is 0.222. The number of nitrogens with zero attached hydrogens (tertiary/aromatic N) is 1. The van der Waals surface area contributed by atoms with E-state index in [1.165, 1.54) is 17.5 Å². The zero-order valence-corrected chi connectivity index (χ0v) is 20.1. The van der Waals surface area contributed by atoms with Crippen molar-refractivity contribution >= 4 is 50.4 Å². The molecule has 0 radical (unpaired) electrons. The number of fused-ring (bicyclic) bond motifs is 1. The van der Waals surface area contributed by atoms with Gasteiger partial charge < -0.3 is 21.1 Å². The molecule has 0 spiro atoms. The number of amides is 2. The fourth-order valence-corrected chi connectivity index (χ4v) is 5.27. The third-order valence-corrected chi connectivity index (χ3v) is 7.23. The van der Waals surface area contributed by atoms with E-state index in [1.54, 1.807) is 6.07 Å². The van der Waals surface area contributed by atoms with E-state index in [9.17, 15) is 14.7 Å². The Morgan fingerprint density at radius 1 is 1.03 bits per heavy atom. The van der Waals surface area contributed by atoms with E-state index in [-0.39, 0.29) is 24.0 Å². The topological polar surface area (TPSA) is 103 Å². The molecule has 35 heavy (non-hydrogen) atoms. The van der Waals surface area contributed by atoms with Crippen LogP contribution >= 0.6 is 11.3 Å². The van der Waals surface area contributed by atoms with E-state index >= 15 is 0 Å². The molecule has 2 aromatic heterocycles. The van der Waals surface area contributed by atoms with Crippen LogP contribution < -0.4 is 16.0 Å². The lowest BCUT2D eigenvalue weighted by molar-refractivity contribution is 0.0932. The van der Waals surface area contributed by atoms with Gasteiger partial charge in [0.25, 0.3) is 11.8 Å². The average molecular weight is 487 g/mol. The number of nitrogens with one attached hydrogen (secondary N) is 3. The summed E-state index contributed by atoms with van der Waals surface area (Å²) in [6.45, 7) is 1.98. The number of anilines is 3. The molecule has 4 N–H and O–H groups in total. The quantitative estimate of drug-likeness (QED) is 0.298. The number of hydrogen-bond donors (Lipinski definition) is 4. The van der Waals surface area contributed by atoms with Crippen LogP contribution in [0.25, 0.3) is 10.1 Å². The molecule has 1 aliphatic rings. The molecular formula is C27H26N4O3S. The van der Waals surface area contributed by atoms with E-state index < -0.39 is 0 Å². The first-order valence-electron chi connectivity index (χ1n) is 11.6. The van der Waals surface area contributed by atoms with Crippen molar-refractivity contribution in [3.05, 3.63) is 82.9 Å². The molecule has 0 bridgehead atoms. The molecule has 0 saturated heterocycles. The van der Waals surface area contributed by atoms with Crippen molar-refractivity contribution in [2.24, 2.45) is 0 Å². The summed E-state index contributed by atoms with van der Waals surface area (Å²) in [5, 5.41) is 21.7. The Labute approximate surface area is 207 Å². The minimum absolute atomic E-state index is 0.0718. The van der Waals surface area contributed by atoms with Crippen LogP contribution in [0.5, 0.6) is 0 Å². The normalized spacial score (nSPS) is 17.3. The van der Waals surface area contributed by atoms with Crippen molar-refractivity contribution in [2.45, 2.75) is 38.3 Å². The predicted octanol–water partition coefficient (Wildman–Crippen LogP) is 5.24. The molecule has 4 aromatic rings. The lowest BCUT2D eigenvalue weighted by atomic mass is 10.1. The number of para-hydroxylation sites is 1. The number of aliphatic hydroxyl groups is 1. The summed E-state index contributed by atoms with van der Waals surface area (Å²) in [5.74, 6) is -0.107. The Morgan fingerprint density at radius 2 is 1.83 bits per heavy atom. The molecule has 2 heterocycles. The van der Waals surface area contributed by atoms with Gasteiger partial charge >= 0.3 is 0 Å². The summed E-state index contributed by atoms with van der Waals surface area (Å²) >= 11 is 1.51. The molecule has 1 aliphatic carbocycles. The second-order valence-electron chi connectivity index (χ2n) is 8.80. The molecule has 8 heteroatoms. The number of thiophene rings is 1. The molecule has 7 nitrogen and oxygen atoms in total. The average Bonchev–Trinajstić information content (AvgIpc) is 3.47. The molecule has 2 amide bonds. The minimum Gasteiger partial charge on any atom is -0.393 e. The van der Waals surface area contributed by atoms with Gasteiger partial charge in [0.15, 0.2) is 5.82 Å². The van der Waals surface area contributed by atoms with Crippen LogP contribution in [0.2, 0.25) is 0 Å². The van der Waals surface area contributed by atoms with Crippen molar-refractivity contribution in [1.29, 1.82) is 0 Å². The summed E-state index contributed by atoms with van der Waals surface area (Å²) in [7, 11) is 0. The number of pyridine rings is 1. The monoisotopic (exact) mass is 486 g/mol. The molecule has 1 fully saturated rings. The van der Waals surface area contributed by atoms with Gasteiger partial charge in [-0.1, -0.05) is 36.4 Å². The van der Waals surface area contributed by atoms with Crippen LogP contribution in [-0.4, -0.2) is 34.1 Å². The number of aromatic nitrogens is 1. The van der Waals surface area contributed by atoms with Gasteiger partial charge in [0.05, 0.1) is 22.9 Å². The summed E-state index contributed by atoms with van der Waals surface area (Å²) < 4.78 is 1.03. The predicted molar refractivity (Wildman–Crippen MR) is 140 cm³/mol. The van der Waals surface area contributed by atoms with Crippen molar-refractivity contribution in [3.63, 3.8) is 0 Å². The maximum absolute atomic E-state index is 13.3. The largest absolute Gasteiger partial charge is 0.393 e. The zero-order chi connectivity index (χ0) is 24.4. The smallest absolute Gasteiger partial charge is 0.257 e. The van der Waals surface area contributed by atoms with Crippen molar-refractivity contribution in [1.82, 2.24) is 10.3 Å². The molecular weight excluding hydrogens is 460 g/mol. The van der Waals surface area contributed by atoms with Gasteiger partial charge in [0.1, 0.15) is 0 Å². The van der Waals surface area contributed by atoms with Gasteiger partial charge in [-0.25, -0.2) is 4.98 Å². The molecule has 0 unspecified atom stereocenters. The van der Waals surface area contributed by atoms with E-state index in [4.69, 9.17) is 0 Å². The van der Waals surface area contributed by atoms with Crippen LogP contribution in [0.1, 0.15) is 45.5 Å². The Kier molecular flexibility index (Phi) is 6.48. The highest BCUT2D eigenvalue weighted by Crippen LogP contribution is 2.30. The van der Waals surface area contributed by atoms with Gasteiger partial charge in [0, 0.05) is 33.4 Å². The van der Waals surface area contributed by atoms with E-state index in [1.807, 2.05) is 60.8 Å².